The van der Waals surface area contributed by atoms with Crippen LogP contribution in [0.3, 0.4) is 0 Å². The van der Waals surface area contributed by atoms with Gasteiger partial charge in [-0.15, -0.1) is 0 Å². The molecule has 0 bridgehead atoms. The molecule has 190 valence electrons. The molecule has 0 amide bonds. The third-order valence-corrected chi connectivity index (χ3v) is 5.54. The first kappa shape index (κ1) is 25.7. The third kappa shape index (κ3) is 4.61. The van der Waals surface area contributed by atoms with Gasteiger partial charge in [-0.3, -0.25) is 0 Å². The lowest BCUT2D eigenvalue weighted by molar-refractivity contribution is -0.136. The van der Waals surface area contributed by atoms with E-state index in [2.05, 4.69) is 4.74 Å². The summed E-state index contributed by atoms with van der Waals surface area (Å²) in [5, 5.41) is 9.59. The molecule has 1 unspecified atom stereocenters. The molecule has 0 aromatic heterocycles. The zero-order chi connectivity index (χ0) is 27.0. The van der Waals surface area contributed by atoms with Crippen LogP contribution in [0.4, 0.5) is 26.3 Å². The Bertz CT molecular complexity index is 1470. The third-order valence-electron chi connectivity index (χ3n) is 5.21. The number of nitrogens with zero attached hydrogens (tertiary/aromatic N) is 1. The van der Waals surface area contributed by atoms with Gasteiger partial charge in [0.2, 0.25) is 35.0 Å². The molecule has 0 fully saturated rings. The van der Waals surface area contributed by atoms with Gasteiger partial charge in [-0.2, -0.15) is 14.0 Å². The number of nitrogens with two attached hydrogens (primary N) is 1. The van der Waals surface area contributed by atoms with E-state index in [0.29, 0.717) is 0 Å². The number of carbonyl (C=O) groups is 1. The van der Waals surface area contributed by atoms with E-state index in [4.69, 9.17) is 26.8 Å². The Morgan fingerprint density at radius 3 is 2.30 bits per heavy atom. The Hall–Kier alpha value is -4.37. The summed E-state index contributed by atoms with van der Waals surface area (Å²) >= 11 is 6.18. The summed E-state index contributed by atoms with van der Waals surface area (Å²) in [5.41, 5.74) is 5.92. The Labute approximate surface area is 209 Å². The van der Waals surface area contributed by atoms with E-state index in [1.807, 2.05) is 6.07 Å². The highest BCUT2D eigenvalue weighted by Crippen LogP contribution is 2.46. The van der Waals surface area contributed by atoms with Crippen molar-refractivity contribution in [2.75, 3.05) is 6.61 Å². The smallest absolute Gasteiger partial charge is 0.349 e. The Balaban J connectivity index is 1.59. The first-order valence-corrected chi connectivity index (χ1v) is 10.4. The number of nitriles is 1. The number of hydrogen-bond donors (Lipinski definition) is 1. The molecule has 37 heavy (non-hydrogen) atoms. The number of allylic oxidation sites excluding steroid dienone is 1. The van der Waals surface area contributed by atoms with Crippen molar-refractivity contribution in [3.63, 3.8) is 0 Å². The van der Waals surface area contributed by atoms with Crippen molar-refractivity contribution in [3.8, 4) is 23.3 Å². The van der Waals surface area contributed by atoms with Crippen molar-refractivity contribution in [2.24, 2.45) is 5.73 Å². The van der Waals surface area contributed by atoms with Gasteiger partial charge in [0.15, 0.2) is 12.4 Å². The van der Waals surface area contributed by atoms with Crippen molar-refractivity contribution in [2.45, 2.75) is 5.92 Å². The van der Waals surface area contributed by atoms with Gasteiger partial charge in [0, 0.05) is 22.2 Å². The molecule has 0 aliphatic carbocycles. The molecule has 4 rings (SSSR count). The largest absolute Gasteiger partial charge is 0.476 e. The molecule has 6 nitrogen and oxygen atoms in total. The van der Waals surface area contributed by atoms with Crippen LogP contribution in [0, 0.1) is 46.2 Å². The standard InChI is InChI=1S/C24H11ClF6N2O4/c25-12-2-1-3-13(26)17(12)16-10-5-4-9(6-14(10)37-24(33)11(16)7-32)36-15(34)8-35-23-21(30)19(28)18(27)20(29)22(23)31/h1-6,16H,8,33H2. The predicted molar refractivity (Wildman–Crippen MR) is 115 cm³/mol. The van der Waals surface area contributed by atoms with Crippen LogP contribution in [0.2, 0.25) is 5.02 Å². The molecule has 0 saturated heterocycles. The van der Waals surface area contributed by atoms with E-state index in [9.17, 15) is 36.4 Å². The average molecular weight is 541 g/mol. The molecule has 1 atom stereocenters. The van der Waals surface area contributed by atoms with E-state index >= 15 is 0 Å². The summed E-state index contributed by atoms with van der Waals surface area (Å²) in [6, 6.07) is 9.49. The topological polar surface area (TPSA) is 94.6 Å². The molecular formula is C24H11ClF6N2O4. The number of esters is 1. The fourth-order valence-corrected chi connectivity index (χ4v) is 3.86. The molecule has 3 aromatic rings. The molecule has 0 radical (unpaired) electrons. The van der Waals surface area contributed by atoms with Crippen LogP contribution in [-0.4, -0.2) is 12.6 Å². The van der Waals surface area contributed by atoms with Crippen LogP contribution in [0.25, 0.3) is 0 Å². The summed E-state index contributed by atoms with van der Waals surface area (Å²) in [6.45, 7) is -1.23. The predicted octanol–water partition coefficient (Wildman–Crippen LogP) is 5.38. The van der Waals surface area contributed by atoms with Crippen LogP contribution in [-0.2, 0) is 4.79 Å². The molecule has 0 spiro atoms. The van der Waals surface area contributed by atoms with Crippen molar-refractivity contribution >= 4 is 17.6 Å². The number of rotatable bonds is 5. The Morgan fingerprint density at radius 2 is 1.68 bits per heavy atom. The Morgan fingerprint density at radius 1 is 1.03 bits per heavy atom. The molecular weight excluding hydrogens is 530 g/mol. The maximum atomic E-state index is 14.7. The second-order valence-corrected chi connectivity index (χ2v) is 7.83. The van der Waals surface area contributed by atoms with E-state index in [1.165, 1.54) is 24.3 Å². The molecule has 1 aliphatic heterocycles. The lowest BCUT2D eigenvalue weighted by Crippen LogP contribution is -2.22. The minimum Gasteiger partial charge on any atom is -0.476 e. The maximum Gasteiger partial charge on any atom is 0.349 e. The lowest BCUT2D eigenvalue weighted by Gasteiger charge is -2.27. The van der Waals surface area contributed by atoms with Crippen molar-refractivity contribution < 1.29 is 45.3 Å². The summed E-state index contributed by atoms with van der Waals surface area (Å²) in [6.07, 6.45) is 0. The zero-order valence-corrected chi connectivity index (χ0v) is 18.8. The normalized spacial score (nSPS) is 14.5. The average Bonchev–Trinajstić information content (AvgIpc) is 2.86. The van der Waals surface area contributed by atoms with Crippen LogP contribution in [0.5, 0.6) is 17.2 Å². The van der Waals surface area contributed by atoms with Gasteiger partial charge in [-0.05, 0) is 18.2 Å². The van der Waals surface area contributed by atoms with Gasteiger partial charge < -0.3 is 19.9 Å². The first-order chi connectivity index (χ1) is 17.5. The second-order valence-electron chi connectivity index (χ2n) is 7.42. The zero-order valence-electron chi connectivity index (χ0n) is 18.1. The number of carbonyl (C=O) groups excluding carboxylic acids is 1. The number of halogens is 7. The van der Waals surface area contributed by atoms with Gasteiger partial charge >= 0.3 is 5.97 Å². The Kier molecular flexibility index (Phi) is 6.91. The minimum absolute atomic E-state index is 0.0131. The van der Waals surface area contributed by atoms with E-state index in [1.54, 1.807) is 0 Å². The molecule has 0 saturated carbocycles. The number of fused-ring (bicyclic) bond motifs is 1. The molecule has 1 aliphatic rings. The summed E-state index contributed by atoms with van der Waals surface area (Å²) < 4.78 is 96.6. The molecule has 13 heteroatoms. The molecule has 3 aromatic carbocycles. The van der Waals surface area contributed by atoms with Gasteiger partial charge in [-0.25, -0.2) is 22.4 Å². The summed E-state index contributed by atoms with van der Waals surface area (Å²) in [7, 11) is 0. The fraction of sp³-hybridized carbons (Fsp3) is 0.0833. The number of ether oxygens (including phenoxy) is 3. The van der Waals surface area contributed by atoms with Crippen LogP contribution < -0.4 is 19.9 Å². The monoisotopic (exact) mass is 540 g/mol. The van der Waals surface area contributed by atoms with E-state index in [-0.39, 0.29) is 39.1 Å². The lowest BCUT2D eigenvalue weighted by atomic mass is 9.83. The second kappa shape index (κ2) is 9.94. The first-order valence-electron chi connectivity index (χ1n) is 10.1. The summed E-state index contributed by atoms with van der Waals surface area (Å²) in [4.78, 5) is 12.1. The maximum absolute atomic E-state index is 14.7. The van der Waals surface area contributed by atoms with Gasteiger partial charge in [0.05, 0.1) is 5.92 Å². The van der Waals surface area contributed by atoms with Crippen LogP contribution in [0.15, 0.2) is 47.9 Å². The van der Waals surface area contributed by atoms with Crippen molar-refractivity contribution in [1.29, 1.82) is 5.26 Å². The quantitative estimate of drug-likeness (QED) is 0.154. The number of hydrogen-bond acceptors (Lipinski definition) is 6. The van der Waals surface area contributed by atoms with E-state index in [0.717, 1.165) is 12.1 Å². The molecule has 1 heterocycles. The summed E-state index contributed by atoms with van der Waals surface area (Å²) in [5.74, 6) is -16.7. The van der Waals surface area contributed by atoms with Crippen LogP contribution in [0.1, 0.15) is 17.0 Å². The SMILES string of the molecule is N#CC1=C(N)Oc2cc(OC(=O)COc3c(F)c(F)c(F)c(F)c3F)ccc2C1c1c(F)cccc1Cl. The highest BCUT2D eigenvalue weighted by atomic mass is 35.5. The van der Waals surface area contributed by atoms with E-state index < -0.39 is 59.1 Å². The molecule has 2 N–H and O–H groups in total. The van der Waals surface area contributed by atoms with Gasteiger partial charge in [0.1, 0.15) is 29.0 Å². The van der Waals surface area contributed by atoms with Gasteiger partial charge in [-0.1, -0.05) is 23.7 Å². The fourth-order valence-electron chi connectivity index (χ4n) is 3.59. The minimum atomic E-state index is -2.39. The highest BCUT2D eigenvalue weighted by Gasteiger charge is 2.34. The highest BCUT2D eigenvalue weighted by molar-refractivity contribution is 6.31. The van der Waals surface area contributed by atoms with Crippen molar-refractivity contribution in [1.82, 2.24) is 0 Å². The van der Waals surface area contributed by atoms with Gasteiger partial charge in [0.25, 0.3) is 0 Å². The number of benzene rings is 3. The van der Waals surface area contributed by atoms with Crippen LogP contribution >= 0.6 is 11.6 Å². The van der Waals surface area contributed by atoms with Crippen molar-refractivity contribution in [3.05, 3.63) is 98.9 Å².